The summed E-state index contributed by atoms with van der Waals surface area (Å²) < 4.78 is 36.4. The third kappa shape index (κ3) is 4.50. The molecule has 0 saturated carbocycles. The van der Waals surface area contributed by atoms with Crippen LogP contribution >= 0.6 is 15.6 Å². The van der Waals surface area contributed by atoms with E-state index in [0.29, 0.717) is 0 Å². The fraction of sp³-hybridized carbons (Fsp3) is 0.500. The summed E-state index contributed by atoms with van der Waals surface area (Å²) in [5.74, 6) is 0.0150. The third-order valence-electron chi connectivity index (χ3n) is 3.62. The Balaban J connectivity index is 1.93. The first kappa shape index (κ1) is 20.2. The minimum Gasteiger partial charge on any atom is -0.790 e. The van der Waals surface area contributed by atoms with Crippen LogP contribution in [0.25, 0.3) is 11.2 Å². The molecule has 4 atom stereocenters. The first-order valence-corrected chi connectivity index (χ1v) is 10.0. The quantitative estimate of drug-likeness (QED) is 0.418. The summed E-state index contributed by atoms with van der Waals surface area (Å²) in [6.07, 6.45) is -4.40. The molecule has 3 rings (SSSR count). The zero-order valence-electron chi connectivity index (χ0n) is 13.1. The van der Waals surface area contributed by atoms with Crippen molar-refractivity contribution in [3.63, 3.8) is 0 Å². The molecule has 4 unspecified atom stereocenters. The van der Waals surface area contributed by atoms with Gasteiger partial charge in [-0.1, -0.05) is 0 Å². The molecule has 1 aliphatic rings. The summed E-state index contributed by atoms with van der Waals surface area (Å²) in [6.45, 7) is -0.994. The Morgan fingerprint density at radius 1 is 1.22 bits per heavy atom. The van der Waals surface area contributed by atoms with Gasteiger partial charge < -0.3 is 53.3 Å². The van der Waals surface area contributed by atoms with Crippen molar-refractivity contribution in [2.75, 3.05) is 12.3 Å². The van der Waals surface area contributed by atoms with E-state index in [1.165, 1.54) is 0 Å². The van der Waals surface area contributed by atoms with Crippen molar-refractivity contribution in [1.29, 1.82) is 0 Å². The molecule has 150 valence electrons. The highest BCUT2D eigenvalue weighted by atomic mass is 31.2. The minimum atomic E-state index is -5.60. The highest BCUT2D eigenvalue weighted by molar-refractivity contribution is 7.43. The van der Waals surface area contributed by atoms with E-state index in [0.717, 1.165) is 17.2 Å². The van der Waals surface area contributed by atoms with E-state index < -0.39 is 46.8 Å². The second kappa shape index (κ2) is 7.14. The maximum Gasteiger partial charge on any atom is 0.167 e. The number of aliphatic hydroxyl groups is 1. The lowest BCUT2D eigenvalue weighted by molar-refractivity contribution is -0.347. The number of hydrogen-bond donors (Lipinski definition) is 2. The number of anilines is 1. The number of nitrogen functional groups attached to an aromatic ring is 1. The topological polar surface area (TPSA) is 244 Å². The predicted molar refractivity (Wildman–Crippen MR) is 75.7 cm³/mol. The molecule has 3 heterocycles. The van der Waals surface area contributed by atoms with Crippen LogP contribution in [0.3, 0.4) is 0 Å². The molecular formula is C10H11N5O10P2-4. The maximum atomic E-state index is 10.9. The van der Waals surface area contributed by atoms with Crippen LogP contribution in [-0.4, -0.2) is 49.5 Å². The first-order chi connectivity index (χ1) is 12.5. The van der Waals surface area contributed by atoms with Crippen molar-refractivity contribution >= 4 is 32.6 Å². The van der Waals surface area contributed by atoms with Gasteiger partial charge >= 0.3 is 0 Å². The molecule has 0 amide bonds. The van der Waals surface area contributed by atoms with E-state index in [-0.39, 0.29) is 17.0 Å². The summed E-state index contributed by atoms with van der Waals surface area (Å²) in [7, 11) is -11.0. The van der Waals surface area contributed by atoms with Crippen molar-refractivity contribution in [1.82, 2.24) is 19.5 Å². The predicted octanol–water partition coefficient (Wildman–Crippen LogP) is -4.27. The van der Waals surface area contributed by atoms with Gasteiger partial charge in [-0.3, -0.25) is 4.57 Å². The van der Waals surface area contributed by atoms with Crippen LogP contribution in [-0.2, 0) is 22.9 Å². The van der Waals surface area contributed by atoms with Crippen LogP contribution in [0.5, 0.6) is 0 Å². The number of nitrogens with zero attached hydrogens (tertiary/aromatic N) is 4. The number of imidazole rings is 1. The van der Waals surface area contributed by atoms with Crippen LogP contribution < -0.4 is 25.3 Å². The normalized spacial score (nSPS) is 26.7. The molecule has 1 fully saturated rings. The van der Waals surface area contributed by atoms with E-state index in [2.05, 4.69) is 24.0 Å². The molecule has 15 nitrogen and oxygen atoms in total. The maximum absolute atomic E-state index is 10.9. The van der Waals surface area contributed by atoms with Gasteiger partial charge in [-0.05, 0) is 0 Å². The fourth-order valence-corrected chi connectivity index (χ4v) is 3.47. The molecule has 0 bridgehead atoms. The average Bonchev–Trinajstić information content (AvgIpc) is 3.07. The summed E-state index contributed by atoms with van der Waals surface area (Å²) in [6, 6.07) is 0. The van der Waals surface area contributed by atoms with Gasteiger partial charge in [0.25, 0.3) is 0 Å². The summed E-state index contributed by atoms with van der Waals surface area (Å²) in [5.41, 5.74) is 5.88. The van der Waals surface area contributed by atoms with Crippen molar-refractivity contribution in [2.24, 2.45) is 0 Å². The Labute approximate surface area is 150 Å². The Kier molecular flexibility index (Phi) is 5.35. The fourth-order valence-electron chi connectivity index (χ4n) is 2.58. The highest BCUT2D eigenvalue weighted by Crippen LogP contribution is 2.40. The highest BCUT2D eigenvalue weighted by Gasteiger charge is 2.46. The number of aliphatic hydroxyl groups excluding tert-OH is 1. The van der Waals surface area contributed by atoms with E-state index in [1.807, 2.05) is 0 Å². The number of fused-ring (bicyclic) bond motifs is 1. The lowest BCUT2D eigenvalue weighted by Crippen LogP contribution is -2.39. The van der Waals surface area contributed by atoms with Crippen LogP contribution in [0, 0.1) is 0 Å². The lowest BCUT2D eigenvalue weighted by atomic mass is 10.1. The zero-order chi connectivity index (χ0) is 20.0. The Morgan fingerprint density at radius 2 is 1.93 bits per heavy atom. The van der Waals surface area contributed by atoms with Gasteiger partial charge in [0.05, 0.1) is 28.6 Å². The van der Waals surface area contributed by atoms with Crippen molar-refractivity contribution < 1.29 is 47.6 Å². The largest absolute Gasteiger partial charge is 0.790 e. The number of nitrogens with two attached hydrogens (primary N) is 1. The summed E-state index contributed by atoms with van der Waals surface area (Å²) in [5, 5.41) is 10.4. The number of hydrogen-bond acceptors (Lipinski definition) is 14. The molecule has 1 saturated heterocycles. The van der Waals surface area contributed by atoms with E-state index in [1.54, 1.807) is 0 Å². The third-order valence-corrected chi connectivity index (χ3v) is 4.59. The van der Waals surface area contributed by atoms with Crippen LogP contribution in [0.4, 0.5) is 5.82 Å². The lowest BCUT2D eigenvalue weighted by Gasteiger charge is -2.35. The average molecular weight is 423 g/mol. The minimum absolute atomic E-state index is 0.0150. The Bertz CT molecular complexity index is 926. The Hall–Kier alpha value is -1.51. The zero-order valence-corrected chi connectivity index (χ0v) is 14.8. The molecule has 0 aromatic carbocycles. The van der Waals surface area contributed by atoms with Gasteiger partial charge in [0, 0.05) is 0 Å². The van der Waals surface area contributed by atoms with Gasteiger partial charge in [-0.2, -0.15) is 0 Å². The van der Waals surface area contributed by atoms with E-state index >= 15 is 0 Å². The van der Waals surface area contributed by atoms with Crippen molar-refractivity contribution in [2.45, 2.75) is 24.5 Å². The molecule has 0 spiro atoms. The number of phosphoric acid groups is 2. The van der Waals surface area contributed by atoms with Gasteiger partial charge in [-0.15, -0.1) is 0 Å². The molecule has 3 N–H and O–H groups in total. The second-order valence-corrected chi connectivity index (χ2v) is 7.66. The van der Waals surface area contributed by atoms with Crippen LogP contribution in [0.1, 0.15) is 6.23 Å². The van der Waals surface area contributed by atoms with Crippen molar-refractivity contribution in [3.8, 4) is 0 Å². The first-order valence-electron chi connectivity index (χ1n) is 7.10. The monoisotopic (exact) mass is 423 g/mol. The molecule has 0 radical (unpaired) electrons. The van der Waals surface area contributed by atoms with E-state index in [9.17, 15) is 33.8 Å². The van der Waals surface area contributed by atoms with Crippen LogP contribution in [0.2, 0.25) is 0 Å². The smallest absolute Gasteiger partial charge is 0.167 e. The van der Waals surface area contributed by atoms with Gasteiger partial charge in [0.15, 0.2) is 17.7 Å². The Morgan fingerprint density at radius 3 is 2.56 bits per heavy atom. The SMILES string of the molecule is Nc1ncnc2c1ncn2C1OC(COP(=O)([O-])[O-])C(OP(=O)([O-])[O-])C1O. The summed E-state index contributed by atoms with van der Waals surface area (Å²) in [4.78, 5) is 54.7. The van der Waals surface area contributed by atoms with Gasteiger partial charge in [0.2, 0.25) is 0 Å². The standard InChI is InChI=1S/C10H15N5O10P2/c11-8-5-9(13-2-12-8)15(3-14-5)10-6(16)7(25-27(20,21)22)4(24-10)1-23-26(17,18)19/h2-4,6-7,10,16H,1H2,(H2,11,12,13)(H2,17,18,19)(H2,20,21,22)/p-4. The van der Waals surface area contributed by atoms with Gasteiger partial charge in [-0.25, -0.2) is 15.0 Å². The number of aromatic nitrogens is 4. The molecule has 0 aliphatic carbocycles. The molecule has 27 heavy (non-hydrogen) atoms. The number of phosphoric ester groups is 2. The summed E-state index contributed by atoms with van der Waals surface area (Å²) >= 11 is 0. The molecule has 17 heteroatoms. The van der Waals surface area contributed by atoms with Crippen molar-refractivity contribution in [3.05, 3.63) is 12.7 Å². The second-order valence-electron chi connectivity index (χ2n) is 5.40. The molecule has 2 aromatic rings. The number of rotatable bonds is 6. The molecular weight excluding hydrogens is 412 g/mol. The molecule has 2 aromatic heterocycles. The number of ether oxygens (including phenoxy) is 1. The van der Waals surface area contributed by atoms with Gasteiger partial charge in [0.1, 0.15) is 30.2 Å². The van der Waals surface area contributed by atoms with E-state index in [4.69, 9.17) is 10.5 Å². The molecule has 1 aliphatic heterocycles. The van der Waals surface area contributed by atoms with Crippen LogP contribution in [0.15, 0.2) is 12.7 Å².